The molecule has 18 heavy (non-hydrogen) atoms. The van der Waals surface area contributed by atoms with Gasteiger partial charge in [0.15, 0.2) is 0 Å². The number of aromatic nitrogens is 2. The van der Waals surface area contributed by atoms with E-state index in [1.165, 1.54) is 0 Å². The molecule has 2 aromatic rings. The second-order valence-corrected chi connectivity index (χ2v) is 3.72. The van der Waals surface area contributed by atoms with Gasteiger partial charge in [0.25, 0.3) is 0 Å². The molecule has 0 fully saturated rings. The van der Waals surface area contributed by atoms with Crippen molar-refractivity contribution >= 4 is 23.1 Å². The maximum Gasteiger partial charge on any atom is 0.329 e. The van der Waals surface area contributed by atoms with Gasteiger partial charge in [0.2, 0.25) is 11.1 Å². The Morgan fingerprint density at radius 2 is 2.39 bits per heavy atom. The molecule has 0 aromatic carbocycles. The second kappa shape index (κ2) is 5.46. The first-order chi connectivity index (χ1) is 8.66. The Labute approximate surface area is 107 Å². The van der Waals surface area contributed by atoms with Crippen LogP contribution in [-0.2, 0) is 6.42 Å². The van der Waals surface area contributed by atoms with Crippen molar-refractivity contribution in [3.8, 4) is 0 Å². The number of nitrogens with one attached hydrogen (secondary N) is 1. The van der Waals surface area contributed by atoms with Crippen LogP contribution in [0.15, 0.2) is 29.0 Å². The summed E-state index contributed by atoms with van der Waals surface area (Å²) >= 11 is 5.60. The van der Waals surface area contributed by atoms with Crippen molar-refractivity contribution in [1.82, 2.24) is 9.97 Å². The molecule has 0 amide bonds. The van der Waals surface area contributed by atoms with E-state index in [-0.39, 0.29) is 16.8 Å². The zero-order chi connectivity index (χ0) is 13.0. The molecule has 0 unspecified atom stereocenters. The van der Waals surface area contributed by atoms with E-state index in [0.717, 1.165) is 12.0 Å². The van der Waals surface area contributed by atoms with Gasteiger partial charge in [0.1, 0.15) is 12.0 Å². The molecule has 2 rings (SSSR count). The molecule has 1 N–H and O–H groups in total. The van der Waals surface area contributed by atoms with Crippen LogP contribution in [0.4, 0.5) is 11.5 Å². The first-order valence-corrected chi connectivity index (χ1v) is 5.48. The van der Waals surface area contributed by atoms with E-state index in [9.17, 15) is 10.1 Å². The van der Waals surface area contributed by atoms with Crippen molar-refractivity contribution in [3.05, 3.63) is 45.8 Å². The van der Waals surface area contributed by atoms with E-state index in [0.29, 0.717) is 13.0 Å². The molecule has 94 valence electrons. The van der Waals surface area contributed by atoms with Crippen molar-refractivity contribution in [1.29, 1.82) is 0 Å². The highest BCUT2D eigenvalue weighted by Crippen LogP contribution is 2.21. The molecule has 0 bridgehead atoms. The van der Waals surface area contributed by atoms with Crippen LogP contribution in [0.3, 0.4) is 0 Å². The molecule has 0 aliphatic rings. The number of furan rings is 1. The van der Waals surface area contributed by atoms with Crippen LogP contribution in [0.2, 0.25) is 5.28 Å². The van der Waals surface area contributed by atoms with E-state index in [4.69, 9.17) is 16.0 Å². The fourth-order valence-corrected chi connectivity index (χ4v) is 1.51. The number of anilines is 1. The summed E-state index contributed by atoms with van der Waals surface area (Å²) in [7, 11) is 0. The maximum atomic E-state index is 10.7. The average molecular weight is 269 g/mol. The largest absolute Gasteiger partial charge is 0.469 e. The summed E-state index contributed by atoms with van der Waals surface area (Å²) < 4.78 is 5.14. The lowest BCUT2D eigenvalue weighted by Gasteiger charge is -2.04. The molecule has 8 heteroatoms. The minimum atomic E-state index is -0.564. The third-order valence-corrected chi connectivity index (χ3v) is 2.36. The standard InChI is InChI=1S/C10H9ClN4O3/c11-10-13-6-8(15(16)17)9(14-10)12-4-3-7-2-1-5-18-7/h1-2,5-6H,3-4H2,(H,12,13,14). The minimum Gasteiger partial charge on any atom is -0.469 e. The van der Waals surface area contributed by atoms with Gasteiger partial charge < -0.3 is 9.73 Å². The summed E-state index contributed by atoms with van der Waals surface area (Å²) in [6.07, 6.45) is 3.23. The fraction of sp³-hybridized carbons (Fsp3) is 0.200. The number of hydrogen-bond acceptors (Lipinski definition) is 6. The molecular weight excluding hydrogens is 260 g/mol. The van der Waals surface area contributed by atoms with Crippen LogP contribution < -0.4 is 5.32 Å². The van der Waals surface area contributed by atoms with Gasteiger partial charge in [-0.3, -0.25) is 10.1 Å². The average Bonchev–Trinajstić information content (AvgIpc) is 2.82. The second-order valence-electron chi connectivity index (χ2n) is 3.39. The third-order valence-electron chi connectivity index (χ3n) is 2.18. The monoisotopic (exact) mass is 268 g/mol. The molecule has 7 nitrogen and oxygen atoms in total. The first kappa shape index (κ1) is 12.3. The summed E-state index contributed by atoms with van der Waals surface area (Å²) in [6.45, 7) is 0.446. The molecule has 0 spiro atoms. The smallest absolute Gasteiger partial charge is 0.329 e. The molecular formula is C10H9ClN4O3. The molecule has 0 saturated carbocycles. The van der Waals surface area contributed by atoms with Crippen LogP contribution in [0.25, 0.3) is 0 Å². The Bertz CT molecular complexity index is 544. The Balaban J connectivity index is 2.03. The molecule has 0 atom stereocenters. The number of nitro groups is 1. The van der Waals surface area contributed by atoms with Gasteiger partial charge in [-0.15, -0.1) is 0 Å². The van der Waals surface area contributed by atoms with Crippen molar-refractivity contribution in [2.75, 3.05) is 11.9 Å². The van der Waals surface area contributed by atoms with Gasteiger partial charge >= 0.3 is 5.69 Å². The Hall–Kier alpha value is -2.15. The normalized spacial score (nSPS) is 10.3. The number of halogens is 1. The highest BCUT2D eigenvalue weighted by atomic mass is 35.5. The minimum absolute atomic E-state index is 0.0406. The SMILES string of the molecule is O=[N+]([O-])c1cnc(Cl)nc1NCCc1ccco1. The summed E-state index contributed by atoms with van der Waals surface area (Å²) in [5.74, 6) is 0.886. The van der Waals surface area contributed by atoms with Gasteiger partial charge in [0, 0.05) is 13.0 Å². The first-order valence-electron chi connectivity index (χ1n) is 5.10. The van der Waals surface area contributed by atoms with E-state index < -0.39 is 4.92 Å². The predicted molar refractivity (Wildman–Crippen MR) is 64.6 cm³/mol. The lowest BCUT2D eigenvalue weighted by molar-refractivity contribution is -0.384. The summed E-state index contributed by atoms with van der Waals surface area (Å²) in [6, 6.07) is 3.60. The molecule has 0 saturated heterocycles. The third kappa shape index (κ3) is 2.95. The van der Waals surface area contributed by atoms with Crippen LogP contribution in [0.5, 0.6) is 0 Å². The van der Waals surface area contributed by atoms with Crippen LogP contribution >= 0.6 is 11.6 Å². The highest BCUT2D eigenvalue weighted by Gasteiger charge is 2.16. The lowest BCUT2D eigenvalue weighted by atomic mass is 10.3. The van der Waals surface area contributed by atoms with Gasteiger partial charge in [-0.2, -0.15) is 4.98 Å². The van der Waals surface area contributed by atoms with Crippen LogP contribution in [0.1, 0.15) is 5.76 Å². The van der Waals surface area contributed by atoms with E-state index in [1.54, 1.807) is 12.3 Å². The van der Waals surface area contributed by atoms with Gasteiger partial charge in [-0.25, -0.2) is 4.98 Å². The summed E-state index contributed by atoms with van der Waals surface area (Å²) in [5.41, 5.74) is -0.209. The van der Waals surface area contributed by atoms with Gasteiger partial charge in [0.05, 0.1) is 11.2 Å². The quantitative estimate of drug-likeness (QED) is 0.508. The Morgan fingerprint density at radius 1 is 1.56 bits per heavy atom. The van der Waals surface area contributed by atoms with Crippen LogP contribution in [-0.4, -0.2) is 21.4 Å². The molecule has 2 heterocycles. The fourth-order valence-electron chi connectivity index (χ4n) is 1.38. The summed E-state index contributed by atoms with van der Waals surface area (Å²) in [4.78, 5) is 17.5. The zero-order valence-electron chi connectivity index (χ0n) is 9.17. The molecule has 0 aliphatic carbocycles. The van der Waals surface area contributed by atoms with Gasteiger partial charge in [-0.1, -0.05) is 0 Å². The highest BCUT2D eigenvalue weighted by molar-refractivity contribution is 6.28. The lowest BCUT2D eigenvalue weighted by Crippen LogP contribution is -2.08. The van der Waals surface area contributed by atoms with Gasteiger partial charge in [-0.05, 0) is 23.7 Å². The number of rotatable bonds is 5. The zero-order valence-corrected chi connectivity index (χ0v) is 9.92. The van der Waals surface area contributed by atoms with E-state index in [2.05, 4.69) is 15.3 Å². The molecule has 0 radical (unpaired) electrons. The summed E-state index contributed by atoms with van der Waals surface area (Å²) in [5, 5.41) is 13.5. The van der Waals surface area contributed by atoms with Crippen molar-refractivity contribution in [3.63, 3.8) is 0 Å². The van der Waals surface area contributed by atoms with Crippen molar-refractivity contribution in [2.45, 2.75) is 6.42 Å². The van der Waals surface area contributed by atoms with Crippen molar-refractivity contribution < 1.29 is 9.34 Å². The Kier molecular flexibility index (Phi) is 3.73. The van der Waals surface area contributed by atoms with E-state index in [1.807, 2.05) is 6.07 Å². The van der Waals surface area contributed by atoms with Crippen molar-refractivity contribution in [2.24, 2.45) is 0 Å². The maximum absolute atomic E-state index is 10.7. The van der Waals surface area contributed by atoms with Crippen LogP contribution in [0, 0.1) is 10.1 Å². The van der Waals surface area contributed by atoms with E-state index >= 15 is 0 Å². The Morgan fingerprint density at radius 3 is 3.06 bits per heavy atom. The molecule has 2 aromatic heterocycles. The predicted octanol–water partition coefficient (Wildman–Crippen LogP) is 2.29. The molecule has 0 aliphatic heterocycles. The number of nitrogens with zero attached hydrogens (tertiary/aromatic N) is 3. The topological polar surface area (TPSA) is 94.1 Å². The number of hydrogen-bond donors (Lipinski definition) is 1.